The summed E-state index contributed by atoms with van der Waals surface area (Å²) >= 11 is 1.55. The minimum Gasteiger partial charge on any atom is -0.444 e. The smallest absolute Gasteiger partial charge is 0.407 e. The molecule has 34 heavy (non-hydrogen) atoms. The average molecular weight is 490 g/mol. The quantitative estimate of drug-likeness (QED) is 0.531. The first-order valence-electron chi connectivity index (χ1n) is 11.9. The second-order valence-corrected chi connectivity index (χ2v) is 11.1. The van der Waals surface area contributed by atoms with Gasteiger partial charge in [0.15, 0.2) is 6.10 Å². The van der Waals surface area contributed by atoms with Crippen molar-refractivity contribution < 1.29 is 29.0 Å². The number of fused-ring (bicyclic) bond motifs is 1. The summed E-state index contributed by atoms with van der Waals surface area (Å²) in [5.74, 6) is 0.277. The molecule has 1 aromatic carbocycles. The van der Waals surface area contributed by atoms with Gasteiger partial charge in [-0.3, -0.25) is 9.59 Å². The molecule has 9 nitrogen and oxygen atoms in total. The Morgan fingerprint density at radius 2 is 2.06 bits per heavy atom. The molecule has 1 unspecified atom stereocenters. The van der Waals surface area contributed by atoms with Crippen molar-refractivity contribution in [2.24, 2.45) is 5.92 Å². The van der Waals surface area contributed by atoms with Crippen LogP contribution in [0.4, 0.5) is 4.79 Å². The first-order chi connectivity index (χ1) is 16.4. The second kappa shape index (κ2) is 9.39. The van der Waals surface area contributed by atoms with Gasteiger partial charge in [0.1, 0.15) is 17.0 Å². The molecule has 5 rings (SSSR count). The molecule has 1 saturated carbocycles. The zero-order valence-electron chi connectivity index (χ0n) is 19.2. The SMILES string of the molecule is CC12SCN(C(=O)[C@@H](O)[C@H](Cc3ccccc3)NC(=O)O[C@H]3CCOC3)[C@@H]1C(=O)N2CC1CC1. The van der Waals surface area contributed by atoms with E-state index >= 15 is 0 Å². The van der Waals surface area contributed by atoms with Crippen molar-refractivity contribution in [3.05, 3.63) is 35.9 Å². The number of thioether (sulfide) groups is 1. The highest BCUT2D eigenvalue weighted by Gasteiger charge is 2.65. The molecule has 3 saturated heterocycles. The zero-order valence-corrected chi connectivity index (χ0v) is 20.0. The topological polar surface area (TPSA) is 108 Å². The Morgan fingerprint density at radius 3 is 2.74 bits per heavy atom. The molecule has 3 heterocycles. The number of aliphatic hydroxyl groups is 1. The Hall–Kier alpha value is -2.30. The molecule has 0 bridgehead atoms. The molecule has 184 valence electrons. The number of hydrogen-bond donors (Lipinski definition) is 2. The lowest BCUT2D eigenvalue weighted by molar-refractivity contribution is -0.167. The van der Waals surface area contributed by atoms with E-state index in [9.17, 15) is 19.5 Å². The highest BCUT2D eigenvalue weighted by Crippen LogP contribution is 2.52. The second-order valence-electron chi connectivity index (χ2n) is 9.71. The summed E-state index contributed by atoms with van der Waals surface area (Å²) in [5, 5.41) is 13.8. The standard InChI is InChI=1S/C24H31N3O6S/c1-24-20(22(30)27(24)12-16-7-8-16)26(14-34-24)21(29)19(28)18(11-15-5-3-2-4-6-15)25-23(31)33-17-9-10-32-13-17/h2-6,16-20,28H,7-14H2,1H3,(H,25,31)/t17-,18-,19-,20+,24?/m0/s1. The largest absolute Gasteiger partial charge is 0.444 e. The molecule has 5 atom stereocenters. The highest BCUT2D eigenvalue weighted by molar-refractivity contribution is 8.01. The third-order valence-electron chi connectivity index (χ3n) is 7.17. The van der Waals surface area contributed by atoms with E-state index in [1.54, 1.807) is 11.8 Å². The van der Waals surface area contributed by atoms with Crippen molar-refractivity contribution >= 4 is 29.7 Å². The van der Waals surface area contributed by atoms with E-state index in [1.807, 2.05) is 42.2 Å². The molecule has 10 heteroatoms. The number of nitrogens with one attached hydrogen (secondary N) is 1. The van der Waals surface area contributed by atoms with Crippen LogP contribution in [0.15, 0.2) is 30.3 Å². The van der Waals surface area contributed by atoms with Gasteiger partial charge in [0.2, 0.25) is 5.91 Å². The van der Waals surface area contributed by atoms with Crippen molar-refractivity contribution in [2.45, 2.75) is 61.8 Å². The number of likely N-dealkylation sites (tertiary alicyclic amines) is 1. The van der Waals surface area contributed by atoms with E-state index in [4.69, 9.17) is 9.47 Å². The third kappa shape index (κ3) is 4.50. The lowest BCUT2D eigenvalue weighted by atomic mass is 9.92. The van der Waals surface area contributed by atoms with Gasteiger partial charge in [-0.15, -0.1) is 11.8 Å². The third-order valence-corrected chi connectivity index (χ3v) is 8.60. The Kier molecular flexibility index (Phi) is 6.47. The number of β-lactam (4-membered cyclic amide) rings is 1. The van der Waals surface area contributed by atoms with E-state index in [-0.39, 0.29) is 18.4 Å². The lowest BCUT2D eigenvalue weighted by Gasteiger charge is -2.53. The van der Waals surface area contributed by atoms with Gasteiger partial charge in [0.05, 0.1) is 25.1 Å². The molecular weight excluding hydrogens is 458 g/mol. The predicted octanol–water partition coefficient (Wildman–Crippen LogP) is 1.34. The summed E-state index contributed by atoms with van der Waals surface area (Å²) in [4.78, 5) is 41.7. The first-order valence-corrected chi connectivity index (χ1v) is 12.9. The zero-order chi connectivity index (χ0) is 23.9. The van der Waals surface area contributed by atoms with E-state index in [1.165, 1.54) is 4.90 Å². The van der Waals surface area contributed by atoms with Crippen LogP contribution in [0.3, 0.4) is 0 Å². The molecule has 1 aliphatic carbocycles. The lowest BCUT2D eigenvalue weighted by Crippen LogP contribution is -2.74. The maximum Gasteiger partial charge on any atom is 0.407 e. The minimum atomic E-state index is -1.51. The first kappa shape index (κ1) is 23.4. The maximum absolute atomic E-state index is 13.4. The summed E-state index contributed by atoms with van der Waals surface area (Å²) in [5.41, 5.74) is 0.861. The molecule has 0 radical (unpaired) electrons. The fourth-order valence-corrected chi connectivity index (χ4v) is 6.33. The Bertz CT molecular complexity index is 938. The molecule has 0 aromatic heterocycles. The molecule has 1 aromatic rings. The van der Waals surface area contributed by atoms with Crippen molar-refractivity contribution in [1.29, 1.82) is 0 Å². The van der Waals surface area contributed by atoms with Gasteiger partial charge in [-0.25, -0.2) is 4.79 Å². The molecule has 2 N–H and O–H groups in total. The summed E-state index contributed by atoms with van der Waals surface area (Å²) in [6, 6.07) is 7.85. The van der Waals surface area contributed by atoms with Gasteiger partial charge in [0, 0.05) is 13.0 Å². The van der Waals surface area contributed by atoms with E-state index < -0.39 is 35.1 Å². The number of rotatable bonds is 8. The van der Waals surface area contributed by atoms with E-state index in [0.29, 0.717) is 31.4 Å². The number of aliphatic hydroxyl groups excluding tert-OH is 1. The number of amides is 3. The summed E-state index contributed by atoms with van der Waals surface area (Å²) in [6.45, 7) is 3.60. The molecule has 4 aliphatic rings. The predicted molar refractivity (Wildman–Crippen MR) is 125 cm³/mol. The molecule has 3 aliphatic heterocycles. The van der Waals surface area contributed by atoms with Crippen LogP contribution in [0, 0.1) is 5.92 Å². The summed E-state index contributed by atoms with van der Waals surface area (Å²) in [6.07, 6.45) is 0.599. The Balaban J connectivity index is 1.28. The van der Waals surface area contributed by atoms with Crippen LogP contribution < -0.4 is 5.32 Å². The number of ether oxygens (including phenoxy) is 2. The van der Waals surface area contributed by atoms with Crippen molar-refractivity contribution in [3.8, 4) is 0 Å². The van der Waals surface area contributed by atoms with Crippen molar-refractivity contribution in [2.75, 3.05) is 25.6 Å². The summed E-state index contributed by atoms with van der Waals surface area (Å²) in [7, 11) is 0. The van der Waals surface area contributed by atoms with Gasteiger partial charge in [-0.2, -0.15) is 0 Å². The molecule has 4 fully saturated rings. The minimum absolute atomic E-state index is 0.0619. The maximum atomic E-state index is 13.4. The summed E-state index contributed by atoms with van der Waals surface area (Å²) < 4.78 is 10.6. The number of carbonyl (C=O) groups is 3. The van der Waals surface area contributed by atoms with Gasteiger partial charge >= 0.3 is 6.09 Å². The number of hydrogen-bond acceptors (Lipinski definition) is 7. The Labute approximate surface area is 203 Å². The van der Waals surface area contributed by atoms with Crippen LogP contribution in [0.1, 0.15) is 31.7 Å². The van der Waals surface area contributed by atoms with Crippen LogP contribution in [0.2, 0.25) is 0 Å². The number of nitrogens with zero attached hydrogens (tertiary/aromatic N) is 2. The fourth-order valence-electron chi connectivity index (χ4n) is 4.95. The van der Waals surface area contributed by atoms with Gasteiger partial charge in [-0.05, 0) is 37.7 Å². The van der Waals surface area contributed by atoms with Crippen molar-refractivity contribution in [1.82, 2.24) is 15.1 Å². The number of benzene rings is 1. The normalized spacial score (nSPS) is 29.9. The van der Waals surface area contributed by atoms with Crippen LogP contribution in [-0.2, 0) is 25.5 Å². The number of carbonyl (C=O) groups excluding carboxylic acids is 3. The monoisotopic (exact) mass is 489 g/mol. The number of alkyl carbamates (subject to hydrolysis) is 1. The van der Waals surface area contributed by atoms with Gasteiger partial charge < -0.3 is 29.7 Å². The molecule has 3 amide bonds. The van der Waals surface area contributed by atoms with Crippen LogP contribution >= 0.6 is 11.8 Å². The van der Waals surface area contributed by atoms with Crippen LogP contribution in [0.25, 0.3) is 0 Å². The van der Waals surface area contributed by atoms with Crippen LogP contribution in [-0.4, -0.2) is 87.6 Å². The fraction of sp³-hybridized carbons (Fsp3) is 0.625. The average Bonchev–Trinajstić information content (AvgIpc) is 3.42. The molecular formula is C24H31N3O6S. The van der Waals surface area contributed by atoms with E-state index in [0.717, 1.165) is 24.9 Å². The Morgan fingerprint density at radius 1 is 1.29 bits per heavy atom. The van der Waals surface area contributed by atoms with Gasteiger partial charge in [-0.1, -0.05) is 30.3 Å². The van der Waals surface area contributed by atoms with Crippen molar-refractivity contribution in [3.63, 3.8) is 0 Å². The van der Waals surface area contributed by atoms with Gasteiger partial charge in [0.25, 0.3) is 5.91 Å². The van der Waals surface area contributed by atoms with E-state index in [2.05, 4.69) is 5.32 Å². The highest BCUT2D eigenvalue weighted by atomic mass is 32.2. The molecule has 0 spiro atoms. The van der Waals surface area contributed by atoms with Crippen LogP contribution in [0.5, 0.6) is 0 Å².